The van der Waals surface area contributed by atoms with E-state index in [9.17, 15) is 8.42 Å². The van der Waals surface area contributed by atoms with Gasteiger partial charge >= 0.3 is 0 Å². The molecule has 1 heterocycles. The summed E-state index contributed by atoms with van der Waals surface area (Å²) in [6, 6.07) is 11.0. The van der Waals surface area contributed by atoms with Crippen LogP contribution in [0.25, 0.3) is 0 Å². The summed E-state index contributed by atoms with van der Waals surface area (Å²) in [6.07, 6.45) is 0. The summed E-state index contributed by atoms with van der Waals surface area (Å²) >= 11 is 0. The Morgan fingerprint density at radius 1 is 1.12 bits per heavy atom. The zero-order valence-corrected chi connectivity index (χ0v) is 14.9. The van der Waals surface area contributed by atoms with Crippen molar-refractivity contribution < 1.29 is 17.9 Å². The molecule has 0 aromatic heterocycles. The normalized spacial score (nSPS) is 15.3. The predicted molar refractivity (Wildman–Crippen MR) is 92.0 cm³/mol. The van der Waals surface area contributed by atoms with Crippen LogP contribution in [0.5, 0.6) is 11.5 Å². The van der Waals surface area contributed by atoms with Gasteiger partial charge < -0.3 is 9.47 Å². The Kier molecular flexibility index (Phi) is 4.51. The Morgan fingerprint density at radius 2 is 1.83 bits per heavy atom. The van der Waals surface area contributed by atoms with Crippen LogP contribution in [-0.2, 0) is 16.6 Å². The monoisotopic (exact) mass is 347 g/mol. The number of methoxy groups -OCH3 is 1. The number of para-hydroxylation sites is 1. The van der Waals surface area contributed by atoms with Crippen molar-refractivity contribution in [3.05, 3.63) is 53.1 Å². The van der Waals surface area contributed by atoms with Crippen molar-refractivity contribution in [3.8, 4) is 11.5 Å². The number of nitrogens with zero attached hydrogens (tertiary/aromatic N) is 1. The highest BCUT2D eigenvalue weighted by Gasteiger charge is 2.30. The standard InChI is InChI=1S/C18H21NO4S/c1-13-10-17(22-3)18(11-14(13)2)24(20,21)19-8-9-23-16-7-5-4-6-15(16)12-19/h4-7,10-11H,8-9,12H2,1-3H3. The lowest BCUT2D eigenvalue weighted by Crippen LogP contribution is -2.32. The van der Waals surface area contributed by atoms with Crippen LogP contribution in [0.2, 0.25) is 0 Å². The fraction of sp³-hybridized carbons (Fsp3) is 0.333. The van der Waals surface area contributed by atoms with E-state index in [0.29, 0.717) is 18.9 Å². The molecule has 1 aliphatic rings. The summed E-state index contributed by atoms with van der Waals surface area (Å²) in [5.41, 5.74) is 2.78. The largest absolute Gasteiger partial charge is 0.495 e. The molecule has 0 aliphatic carbocycles. The minimum atomic E-state index is -3.68. The van der Waals surface area contributed by atoms with Crippen LogP contribution in [0.4, 0.5) is 0 Å². The van der Waals surface area contributed by atoms with Crippen molar-refractivity contribution >= 4 is 10.0 Å². The van der Waals surface area contributed by atoms with Crippen LogP contribution in [-0.4, -0.2) is 33.0 Å². The molecule has 0 saturated heterocycles. The predicted octanol–water partition coefficient (Wildman–Crippen LogP) is 2.90. The molecule has 1 aliphatic heterocycles. The summed E-state index contributed by atoms with van der Waals surface area (Å²) in [5, 5.41) is 0. The van der Waals surface area contributed by atoms with Gasteiger partial charge in [0.15, 0.2) is 0 Å². The Bertz CT molecular complexity index is 861. The van der Waals surface area contributed by atoms with Gasteiger partial charge in [-0.1, -0.05) is 18.2 Å². The molecule has 0 fully saturated rings. The van der Waals surface area contributed by atoms with E-state index in [1.807, 2.05) is 38.1 Å². The quantitative estimate of drug-likeness (QED) is 0.857. The first kappa shape index (κ1) is 16.8. The minimum absolute atomic E-state index is 0.201. The molecule has 128 valence electrons. The second kappa shape index (κ2) is 6.45. The van der Waals surface area contributed by atoms with Crippen LogP contribution in [0, 0.1) is 13.8 Å². The van der Waals surface area contributed by atoms with Gasteiger partial charge in [-0.3, -0.25) is 0 Å². The molecule has 2 aromatic rings. The Hall–Kier alpha value is -2.05. The van der Waals surface area contributed by atoms with Gasteiger partial charge in [-0.2, -0.15) is 4.31 Å². The molecule has 0 spiro atoms. The smallest absolute Gasteiger partial charge is 0.247 e. The molecule has 0 saturated carbocycles. The third-order valence-corrected chi connectivity index (χ3v) is 6.18. The molecule has 0 atom stereocenters. The Labute approximate surface area is 142 Å². The van der Waals surface area contributed by atoms with Crippen molar-refractivity contribution in [2.75, 3.05) is 20.3 Å². The number of fused-ring (bicyclic) bond motifs is 1. The summed E-state index contributed by atoms with van der Waals surface area (Å²) in [4.78, 5) is 0.201. The molecular formula is C18H21NO4S. The zero-order valence-electron chi connectivity index (χ0n) is 14.1. The average Bonchev–Trinajstić information content (AvgIpc) is 2.79. The highest BCUT2D eigenvalue weighted by molar-refractivity contribution is 7.89. The molecule has 2 aromatic carbocycles. The third-order valence-electron chi connectivity index (χ3n) is 4.32. The molecule has 5 nitrogen and oxygen atoms in total. The molecule has 0 radical (unpaired) electrons. The van der Waals surface area contributed by atoms with Crippen molar-refractivity contribution in [1.82, 2.24) is 4.31 Å². The van der Waals surface area contributed by atoms with E-state index in [1.165, 1.54) is 11.4 Å². The number of aryl methyl sites for hydroxylation is 2. The van der Waals surface area contributed by atoms with E-state index >= 15 is 0 Å². The summed E-state index contributed by atoms with van der Waals surface area (Å²) in [7, 11) is -2.19. The zero-order chi connectivity index (χ0) is 17.3. The summed E-state index contributed by atoms with van der Waals surface area (Å²) in [6.45, 7) is 4.74. The van der Waals surface area contributed by atoms with Crippen molar-refractivity contribution in [1.29, 1.82) is 0 Å². The van der Waals surface area contributed by atoms with Gasteiger partial charge in [0.2, 0.25) is 10.0 Å². The maximum atomic E-state index is 13.2. The van der Waals surface area contributed by atoms with Gasteiger partial charge in [-0.15, -0.1) is 0 Å². The van der Waals surface area contributed by atoms with E-state index in [0.717, 1.165) is 22.4 Å². The number of hydrogen-bond donors (Lipinski definition) is 0. The SMILES string of the molecule is COc1cc(C)c(C)cc1S(=O)(=O)N1CCOc2ccccc2C1. The second-order valence-electron chi connectivity index (χ2n) is 5.88. The van der Waals surface area contributed by atoms with E-state index in [2.05, 4.69) is 0 Å². The molecule has 3 rings (SSSR count). The number of rotatable bonds is 3. The van der Waals surface area contributed by atoms with E-state index in [1.54, 1.807) is 12.1 Å². The van der Waals surface area contributed by atoms with Gasteiger partial charge in [0.05, 0.1) is 7.11 Å². The minimum Gasteiger partial charge on any atom is -0.495 e. The van der Waals surface area contributed by atoms with Crippen LogP contribution < -0.4 is 9.47 Å². The number of benzene rings is 2. The first-order valence-corrected chi connectivity index (χ1v) is 9.23. The fourth-order valence-electron chi connectivity index (χ4n) is 2.77. The van der Waals surface area contributed by atoms with Gasteiger partial charge in [-0.25, -0.2) is 8.42 Å². The number of ether oxygens (including phenoxy) is 2. The van der Waals surface area contributed by atoms with Gasteiger partial charge in [0, 0.05) is 18.7 Å². The van der Waals surface area contributed by atoms with Crippen LogP contribution in [0.3, 0.4) is 0 Å². The summed E-state index contributed by atoms with van der Waals surface area (Å²) in [5.74, 6) is 1.11. The highest BCUT2D eigenvalue weighted by Crippen LogP contribution is 2.32. The van der Waals surface area contributed by atoms with Crippen LogP contribution >= 0.6 is 0 Å². The Balaban J connectivity index is 2.04. The molecule has 0 bridgehead atoms. The maximum absolute atomic E-state index is 13.2. The number of hydrogen-bond acceptors (Lipinski definition) is 4. The van der Waals surface area contributed by atoms with Gasteiger partial charge in [0.1, 0.15) is 23.0 Å². The molecule has 24 heavy (non-hydrogen) atoms. The Morgan fingerprint density at radius 3 is 2.58 bits per heavy atom. The number of sulfonamides is 1. The first-order chi connectivity index (χ1) is 11.4. The highest BCUT2D eigenvalue weighted by atomic mass is 32.2. The second-order valence-corrected chi connectivity index (χ2v) is 7.79. The lowest BCUT2D eigenvalue weighted by Gasteiger charge is -2.21. The van der Waals surface area contributed by atoms with Crippen LogP contribution in [0.15, 0.2) is 41.3 Å². The summed E-state index contributed by atoms with van der Waals surface area (Å²) < 4.78 is 38.8. The molecule has 0 N–H and O–H groups in total. The third kappa shape index (κ3) is 2.99. The molecule has 0 amide bonds. The van der Waals surface area contributed by atoms with Crippen molar-refractivity contribution in [2.45, 2.75) is 25.3 Å². The lowest BCUT2D eigenvalue weighted by atomic mass is 10.1. The van der Waals surface area contributed by atoms with Crippen molar-refractivity contribution in [3.63, 3.8) is 0 Å². The fourth-order valence-corrected chi connectivity index (χ4v) is 4.39. The van der Waals surface area contributed by atoms with Gasteiger partial charge in [0.25, 0.3) is 0 Å². The van der Waals surface area contributed by atoms with E-state index < -0.39 is 10.0 Å². The molecule has 6 heteroatoms. The molecular weight excluding hydrogens is 326 g/mol. The van der Waals surface area contributed by atoms with Crippen LogP contribution in [0.1, 0.15) is 16.7 Å². The van der Waals surface area contributed by atoms with E-state index in [-0.39, 0.29) is 11.4 Å². The average molecular weight is 347 g/mol. The van der Waals surface area contributed by atoms with Gasteiger partial charge in [-0.05, 0) is 43.2 Å². The van der Waals surface area contributed by atoms with Crippen molar-refractivity contribution in [2.24, 2.45) is 0 Å². The lowest BCUT2D eigenvalue weighted by molar-refractivity contribution is 0.292. The molecule has 0 unspecified atom stereocenters. The first-order valence-electron chi connectivity index (χ1n) is 7.79. The maximum Gasteiger partial charge on any atom is 0.247 e. The van der Waals surface area contributed by atoms with E-state index in [4.69, 9.17) is 9.47 Å². The topological polar surface area (TPSA) is 55.8 Å².